The number of aromatic nitrogens is 3. The predicted molar refractivity (Wildman–Crippen MR) is 136 cm³/mol. The van der Waals surface area contributed by atoms with E-state index < -0.39 is 17.8 Å². The molecule has 0 amide bonds. The number of pyridine rings is 1. The molecule has 0 radical (unpaired) electrons. The van der Waals surface area contributed by atoms with Crippen LogP contribution in [0.15, 0.2) is 103 Å². The molecule has 5 rings (SSSR count). The molecule has 0 bridgehead atoms. The van der Waals surface area contributed by atoms with Crippen molar-refractivity contribution in [2.24, 2.45) is 0 Å². The predicted octanol–water partition coefficient (Wildman–Crippen LogP) is 7.29. The van der Waals surface area contributed by atoms with Gasteiger partial charge in [0.05, 0.1) is 10.9 Å². The lowest BCUT2D eigenvalue weighted by atomic mass is 9.77. The van der Waals surface area contributed by atoms with E-state index >= 15 is 0 Å². The summed E-state index contributed by atoms with van der Waals surface area (Å²) in [5.74, 6) is 0.0751. The average molecular weight is 507 g/mol. The maximum absolute atomic E-state index is 13.5. The summed E-state index contributed by atoms with van der Waals surface area (Å²) in [4.78, 5) is 4.14. The molecule has 3 aromatic carbocycles. The van der Waals surface area contributed by atoms with Crippen LogP contribution >= 0.6 is 11.6 Å². The number of rotatable bonds is 6. The van der Waals surface area contributed by atoms with Gasteiger partial charge in [0.25, 0.3) is 0 Å². The van der Waals surface area contributed by atoms with Crippen LogP contribution in [0.4, 0.5) is 19.0 Å². The van der Waals surface area contributed by atoms with Gasteiger partial charge in [-0.2, -0.15) is 18.3 Å². The maximum atomic E-state index is 13.5. The number of alkyl halides is 3. The highest BCUT2D eigenvalue weighted by Crippen LogP contribution is 2.43. The molecular weight excluding hydrogens is 485 g/mol. The number of hydrogen-bond donors (Lipinski definition) is 1. The monoisotopic (exact) mass is 506 g/mol. The highest BCUT2D eigenvalue weighted by Gasteiger charge is 2.42. The Balaban J connectivity index is 1.90. The van der Waals surface area contributed by atoms with Gasteiger partial charge in [-0.3, -0.25) is 0 Å². The second-order valence-electron chi connectivity index (χ2n) is 8.50. The molecule has 1 unspecified atom stereocenters. The van der Waals surface area contributed by atoms with Crippen LogP contribution in [0.3, 0.4) is 0 Å². The van der Waals surface area contributed by atoms with E-state index in [2.05, 4.69) is 10.3 Å². The molecule has 2 heterocycles. The van der Waals surface area contributed by atoms with E-state index in [9.17, 15) is 13.2 Å². The van der Waals surface area contributed by atoms with Crippen LogP contribution in [0, 0.1) is 0 Å². The van der Waals surface area contributed by atoms with Crippen LogP contribution in [0.1, 0.15) is 23.6 Å². The number of benzene rings is 3. The first kappa shape index (κ1) is 23.9. The molecular formula is C28H22ClF3N4. The zero-order valence-electron chi connectivity index (χ0n) is 19.2. The number of halogens is 4. The van der Waals surface area contributed by atoms with Gasteiger partial charge in [0, 0.05) is 12.3 Å². The van der Waals surface area contributed by atoms with Crippen LogP contribution in [0.2, 0.25) is 5.15 Å². The molecule has 0 saturated heterocycles. The van der Waals surface area contributed by atoms with Gasteiger partial charge >= 0.3 is 6.18 Å². The second kappa shape index (κ2) is 9.32. The van der Waals surface area contributed by atoms with Crippen molar-refractivity contribution in [2.45, 2.75) is 24.7 Å². The van der Waals surface area contributed by atoms with Crippen molar-refractivity contribution in [1.29, 1.82) is 0 Å². The third-order valence-electron chi connectivity index (χ3n) is 6.27. The SMILES string of the molecule is CC(Nc1nn(C(c2ccccc2)(c2ccccc2)c2ccccc2)c2cc(Cl)ncc12)C(F)(F)F. The quantitative estimate of drug-likeness (QED) is 0.194. The molecule has 0 fully saturated rings. The van der Waals surface area contributed by atoms with E-state index in [1.807, 2.05) is 91.0 Å². The van der Waals surface area contributed by atoms with Gasteiger partial charge in [0.2, 0.25) is 0 Å². The minimum atomic E-state index is -4.45. The Labute approximate surface area is 211 Å². The van der Waals surface area contributed by atoms with E-state index in [1.54, 1.807) is 10.7 Å². The number of nitrogens with zero attached hydrogens (tertiary/aromatic N) is 3. The minimum Gasteiger partial charge on any atom is -0.357 e. The lowest BCUT2D eigenvalue weighted by molar-refractivity contribution is -0.138. The summed E-state index contributed by atoms with van der Waals surface area (Å²) in [5, 5.41) is 7.99. The summed E-state index contributed by atoms with van der Waals surface area (Å²) in [6.45, 7) is 1.06. The third-order valence-corrected chi connectivity index (χ3v) is 6.48. The first-order valence-corrected chi connectivity index (χ1v) is 11.7. The Kier molecular flexibility index (Phi) is 6.18. The molecule has 0 aliphatic heterocycles. The van der Waals surface area contributed by atoms with Crippen molar-refractivity contribution >= 4 is 28.3 Å². The summed E-state index contributed by atoms with van der Waals surface area (Å²) >= 11 is 6.31. The lowest BCUT2D eigenvalue weighted by Gasteiger charge is -2.37. The van der Waals surface area contributed by atoms with Gasteiger partial charge in [0.15, 0.2) is 5.82 Å². The van der Waals surface area contributed by atoms with Crippen molar-refractivity contribution in [3.63, 3.8) is 0 Å². The minimum absolute atomic E-state index is 0.0751. The first-order chi connectivity index (χ1) is 17.3. The van der Waals surface area contributed by atoms with E-state index in [0.717, 1.165) is 23.6 Å². The standard InChI is InChI=1S/C28H22ClF3N4/c1-19(28(30,31)32)34-26-23-18-33-25(29)17-24(23)36(35-26)27(20-11-5-2-6-12-20,21-13-7-3-8-14-21)22-15-9-4-10-16-22/h2-19H,1H3,(H,34,35). The second-order valence-corrected chi connectivity index (χ2v) is 8.89. The van der Waals surface area contributed by atoms with Crippen molar-refractivity contribution in [2.75, 3.05) is 5.32 Å². The van der Waals surface area contributed by atoms with Gasteiger partial charge < -0.3 is 5.32 Å². The van der Waals surface area contributed by atoms with Gasteiger partial charge in [-0.25, -0.2) is 9.67 Å². The Morgan fingerprint density at radius 3 is 1.72 bits per heavy atom. The van der Waals surface area contributed by atoms with E-state index in [1.165, 1.54) is 6.20 Å². The molecule has 2 aromatic heterocycles. The Hall–Kier alpha value is -3.84. The Morgan fingerprint density at radius 2 is 1.28 bits per heavy atom. The molecule has 36 heavy (non-hydrogen) atoms. The molecule has 4 nitrogen and oxygen atoms in total. The van der Waals surface area contributed by atoms with Crippen LogP contribution in [-0.2, 0) is 5.54 Å². The number of anilines is 1. The molecule has 1 atom stereocenters. The van der Waals surface area contributed by atoms with Gasteiger partial charge in [0.1, 0.15) is 16.7 Å². The molecule has 0 aliphatic carbocycles. The summed E-state index contributed by atoms with van der Waals surface area (Å²) < 4.78 is 42.3. The Bertz CT molecular complexity index is 1370. The molecule has 8 heteroatoms. The summed E-state index contributed by atoms with van der Waals surface area (Å²) in [6, 6.07) is 29.1. The highest BCUT2D eigenvalue weighted by molar-refractivity contribution is 6.30. The van der Waals surface area contributed by atoms with E-state index in [-0.39, 0.29) is 11.0 Å². The largest absolute Gasteiger partial charge is 0.408 e. The zero-order chi connectivity index (χ0) is 25.3. The smallest absolute Gasteiger partial charge is 0.357 e. The molecule has 182 valence electrons. The normalized spacial score (nSPS) is 13.0. The first-order valence-electron chi connectivity index (χ1n) is 11.4. The molecule has 0 spiro atoms. The van der Waals surface area contributed by atoms with E-state index in [0.29, 0.717) is 10.9 Å². The fraction of sp³-hybridized carbons (Fsp3) is 0.143. The molecule has 0 saturated carbocycles. The summed E-state index contributed by atoms with van der Waals surface area (Å²) in [7, 11) is 0. The number of hydrogen-bond acceptors (Lipinski definition) is 3. The van der Waals surface area contributed by atoms with Crippen LogP contribution in [0.25, 0.3) is 10.9 Å². The highest BCUT2D eigenvalue weighted by atomic mass is 35.5. The number of fused-ring (bicyclic) bond motifs is 1. The van der Waals surface area contributed by atoms with Crippen molar-refractivity contribution in [3.8, 4) is 0 Å². The summed E-state index contributed by atoms with van der Waals surface area (Å²) in [6.07, 6.45) is -3.00. The number of nitrogens with one attached hydrogen (secondary N) is 1. The third kappa shape index (κ3) is 4.09. The van der Waals surface area contributed by atoms with E-state index in [4.69, 9.17) is 16.7 Å². The van der Waals surface area contributed by atoms with Crippen molar-refractivity contribution in [3.05, 3.63) is 125 Å². The topological polar surface area (TPSA) is 42.7 Å². The van der Waals surface area contributed by atoms with Crippen LogP contribution < -0.4 is 5.32 Å². The fourth-order valence-corrected chi connectivity index (χ4v) is 4.69. The average Bonchev–Trinajstić information content (AvgIpc) is 3.23. The Morgan fingerprint density at radius 1 is 0.806 bits per heavy atom. The van der Waals surface area contributed by atoms with Gasteiger partial charge in [-0.15, -0.1) is 0 Å². The lowest BCUT2D eigenvalue weighted by Crippen LogP contribution is -2.39. The van der Waals surface area contributed by atoms with Crippen molar-refractivity contribution in [1.82, 2.24) is 14.8 Å². The van der Waals surface area contributed by atoms with Gasteiger partial charge in [-0.05, 0) is 23.6 Å². The fourth-order valence-electron chi connectivity index (χ4n) is 4.54. The van der Waals surface area contributed by atoms with Crippen molar-refractivity contribution < 1.29 is 13.2 Å². The molecule has 0 aliphatic rings. The van der Waals surface area contributed by atoms with Crippen LogP contribution in [0.5, 0.6) is 0 Å². The van der Waals surface area contributed by atoms with Gasteiger partial charge in [-0.1, -0.05) is 103 Å². The summed E-state index contributed by atoms with van der Waals surface area (Å²) in [5.41, 5.74) is 2.18. The molecule has 5 aromatic rings. The molecule has 1 N–H and O–H groups in total. The maximum Gasteiger partial charge on any atom is 0.408 e. The zero-order valence-corrected chi connectivity index (χ0v) is 20.0. The van der Waals surface area contributed by atoms with Crippen LogP contribution in [-0.4, -0.2) is 27.0 Å².